The van der Waals surface area contributed by atoms with Gasteiger partial charge in [-0.15, -0.1) is 0 Å². The summed E-state index contributed by atoms with van der Waals surface area (Å²) in [7, 11) is 0. The molecule has 1 aromatic heterocycles. The van der Waals surface area contributed by atoms with Gasteiger partial charge in [-0.05, 0) is 42.5 Å². The molecule has 0 aliphatic heterocycles. The van der Waals surface area contributed by atoms with Gasteiger partial charge in [0.05, 0.1) is 0 Å². The predicted octanol–water partition coefficient (Wildman–Crippen LogP) is 4.37. The van der Waals surface area contributed by atoms with Crippen LogP contribution in [0.1, 0.15) is 53.0 Å². The molecule has 2 unspecified atom stereocenters. The van der Waals surface area contributed by atoms with Crippen molar-refractivity contribution in [2.75, 3.05) is 0 Å². The van der Waals surface area contributed by atoms with Gasteiger partial charge in [0.1, 0.15) is 0 Å². The molecule has 3 nitrogen and oxygen atoms in total. The lowest BCUT2D eigenvalue weighted by Crippen LogP contribution is -2.23. The van der Waals surface area contributed by atoms with Crippen molar-refractivity contribution in [1.29, 1.82) is 0 Å². The maximum atomic E-state index is 12.7. The van der Waals surface area contributed by atoms with Gasteiger partial charge in [-0.1, -0.05) is 43.7 Å². The molecule has 0 saturated carbocycles. The lowest BCUT2D eigenvalue weighted by atomic mass is 9.82. The van der Waals surface area contributed by atoms with Crippen LogP contribution in [0.15, 0.2) is 48.5 Å². The molecule has 1 heterocycles. The zero-order valence-electron chi connectivity index (χ0n) is 13.9. The fraction of sp³-hybridized carbons (Fsp3) is 0.286. The Kier molecular flexibility index (Phi) is 3.73. The Morgan fingerprint density at radius 3 is 2.71 bits per heavy atom. The van der Waals surface area contributed by atoms with Crippen LogP contribution in [-0.4, -0.2) is 10.8 Å². The van der Waals surface area contributed by atoms with E-state index >= 15 is 0 Å². The van der Waals surface area contributed by atoms with E-state index in [1.54, 1.807) is 0 Å². The molecule has 4 rings (SSSR count). The molecule has 2 atom stereocenters. The highest BCUT2D eigenvalue weighted by atomic mass is 16.1. The number of carbonyl (C=O) groups is 1. The number of fused-ring (bicyclic) bond motifs is 3. The normalized spacial score (nSPS) is 20.1. The summed E-state index contributed by atoms with van der Waals surface area (Å²) in [5.41, 5.74) is 11.4. The van der Waals surface area contributed by atoms with Gasteiger partial charge in [0.25, 0.3) is 0 Å². The fourth-order valence-electron chi connectivity index (χ4n) is 3.86. The highest BCUT2D eigenvalue weighted by Crippen LogP contribution is 2.37. The van der Waals surface area contributed by atoms with E-state index in [0.717, 1.165) is 47.0 Å². The van der Waals surface area contributed by atoms with Gasteiger partial charge in [-0.25, -0.2) is 0 Å². The van der Waals surface area contributed by atoms with Gasteiger partial charge in [-0.2, -0.15) is 0 Å². The average molecular weight is 318 g/mol. The van der Waals surface area contributed by atoms with E-state index in [9.17, 15) is 4.79 Å². The number of aromatic nitrogens is 1. The highest BCUT2D eigenvalue weighted by molar-refractivity contribution is 6.10. The van der Waals surface area contributed by atoms with E-state index < -0.39 is 0 Å². The number of ketones is 1. The Hall–Kier alpha value is -2.39. The minimum absolute atomic E-state index is 0.0689. The number of benzene rings is 2. The molecule has 3 aromatic rings. The van der Waals surface area contributed by atoms with Crippen molar-refractivity contribution in [1.82, 2.24) is 4.98 Å². The topological polar surface area (TPSA) is 58.9 Å². The first-order chi connectivity index (χ1) is 11.7. The van der Waals surface area contributed by atoms with Gasteiger partial charge in [0.15, 0.2) is 5.78 Å². The van der Waals surface area contributed by atoms with Crippen molar-refractivity contribution >= 4 is 16.7 Å². The molecule has 1 aliphatic rings. The van der Waals surface area contributed by atoms with Gasteiger partial charge < -0.3 is 10.7 Å². The molecule has 122 valence electrons. The van der Waals surface area contributed by atoms with Crippen LogP contribution in [0, 0.1) is 5.92 Å². The summed E-state index contributed by atoms with van der Waals surface area (Å²) < 4.78 is 0. The first kappa shape index (κ1) is 15.2. The number of nitrogens with two attached hydrogens (primary N) is 1. The molecule has 3 heteroatoms. The van der Waals surface area contributed by atoms with Gasteiger partial charge in [0.2, 0.25) is 0 Å². The molecule has 0 saturated heterocycles. The number of H-pyrrole nitrogens is 1. The predicted molar refractivity (Wildman–Crippen MR) is 97.2 cm³/mol. The first-order valence-corrected chi connectivity index (χ1v) is 8.67. The summed E-state index contributed by atoms with van der Waals surface area (Å²) in [6.45, 7) is 2.22. The van der Waals surface area contributed by atoms with E-state index in [4.69, 9.17) is 5.73 Å². The summed E-state index contributed by atoms with van der Waals surface area (Å²) in [4.78, 5) is 16.2. The van der Waals surface area contributed by atoms with Crippen LogP contribution in [-0.2, 0) is 6.42 Å². The molecule has 2 aromatic carbocycles. The highest BCUT2D eigenvalue weighted by Gasteiger charge is 2.27. The average Bonchev–Trinajstić information content (AvgIpc) is 3.00. The molecule has 0 amide bonds. The zero-order valence-corrected chi connectivity index (χ0v) is 13.9. The van der Waals surface area contributed by atoms with Crippen LogP contribution in [0.2, 0.25) is 0 Å². The molecule has 3 N–H and O–H groups in total. The number of hydrogen-bond acceptors (Lipinski definition) is 2. The summed E-state index contributed by atoms with van der Waals surface area (Å²) in [6, 6.07) is 15.5. The molecule has 0 fully saturated rings. The van der Waals surface area contributed by atoms with Crippen LogP contribution in [0.25, 0.3) is 10.9 Å². The Bertz CT molecular complexity index is 895. The third-order valence-electron chi connectivity index (χ3n) is 5.27. The maximum absolute atomic E-state index is 12.7. The lowest BCUT2D eigenvalue weighted by Gasteiger charge is -2.26. The van der Waals surface area contributed by atoms with Crippen LogP contribution in [0.5, 0.6) is 0 Å². The van der Waals surface area contributed by atoms with E-state index in [1.165, 1.54) is 5.56 Å². The third kappa shape index (κ3) is 2.45. The van der Waals surface area contributed by atoms with Gasteiger partial charge >= 0.3 is 0 Å². The van der Waals surface area contributed by atoms with Crippen molar-refractivity contribution in [2.24, 2.45) is 11.7 Å². The molecule has 0 bridgehead atoms. The van der Waals surface area contributed by atoms with E-state index in [1.807, 2.05) is 48.5 Å². The molecule has 1 aliphatic carbocycles. The van der Waals surface area contributed by atoms with Gasteiger partial charge in [0, 0.05) is 33.8 Å². The number of carbonyl (C=O) groups excluding carboxylic acids is 1. The summed E-state index contributed by atoms with van der Waals surface area (Å²) in [5.74, 6) is 0.694. The van der Waals surface area contributed by atoms with Crippen molar-refractivity contribution in [3.8, 4) is 0 Å². The van der Waals surface area contributed by atoms with Crippen molar-refractivity contribution < 1.29 is 4.79 Å². The lowest BCUT2D eigenvalue weighted by molar-refractivity contribution is 0.103. The van der Waals surface area contributed by atoms with Crippen LogP contribution in [0.4, 0.5) is 0 Å². The van der Waals surface area contributed by atoms with Crippen molar-refractivity contribution in [3.63, 3.8) is 0 Å². The van der Waals surface area contributed by atoms with Gasteiger partial charge in [-0.3, -0.25) is 4.79 Å². The smallest absolute Gasteiger partial charge is 0.193 e. The number of hydrogen-bond donors (Lipinski definition) is 2. The number of rotatable bonds is 3. The van der Waals surface area contributed by atoms with Crippen molar-refractivity contribution in [3.05, 3.63) is 70.9 Å². The Morgan fingerprint density at radius 2 is 1.96 bits per heavy atom. The second kappa shape index (κ2) is 5.91. The second-order valence-corrected chi connectivity index (χ2v) is 6.79. The standard InChI is InChI=1S/C21H22N2O/c1-2-13-10-17-16-12-15(21(24)14-6-4-3-5-7-14)8-9-19(16)23-20(17)18(22)11-13/h3-9,12-13,18,23H,2,10-11,22H2,1H3. The minimum Gasteiger partial charge on any atom is -0.357 e. The minimum atomic E-state index is 0.0689. The summed E-state index contributed by atoms with van der Waals surface area (Å²) in [5, 5.41) is 1.15. The second-order valence-electron chi connectivity index (χ2n) is 6.79. The molecule has 24 heavy (non-hydrogen) atoms. The van der Waals surface area contributed by atoms with Crippen LogP contribution in [0.3, 0.4) is 0 Å². The van der Waals surface area contributed by atoms with E-state index in [0.29, 0.717) is 5.92 Å². The molecule has 0 spiro atoms. The number of nitrogens with one attached hydrogen (secondary N) is 1. The first-order valence-electron chi connectivity index (χ1n) is 8.67. The SMILES string of the molecule is CCC1Cc2c([nH]c3ccc(C(=O)c4ccccc4)cc23)C(N)C1. The molecular weight excluding hydrogens is 296 g/mol. The Morgan fingerprint density at radius 1 is 1.17 bits per heavy atom. The van der Waals surface area contributed by atoms with Crippen molar-refractivity contribution in [2.45, 2.75) is 32.2 Å². The number of aromatic amines is 1. The largest absolute Gasteiger partial charge is 0.357 e. The Labute approximate surface area is 141 Å². The molecule has 0 radical (unpaired) electrons. The quantitative estimate of drug-likeness (QED) is 0.704. The Balaban J connectivity index is 1.80. The zero-order chi connectivity index (χ0) is 16.7. The maximum Gasteiger partial charge on any atom is 0.193 e. The van der Waals surface area contributed by atoms with E-state index in [2.05, 4.69) is 11.9 Å². The van der Waals surface area contributed by atoms with Crippen LogP contribution >= 0.6 is 0 Å². The summed E-state index contributed by atoms with van der Waals surface area (Å²) >= 11 is 0. The monoisotopic (exact) mass is 318 g/mol. The third-order valence-corrected chi connectivity index (χ3v) is 5.27. The molecular formula is C21H22N2O. The summed E-state index contributed by atoms with van der Waals surface area (Å²) in [6.07, 6.45) is 3.22. The fourth-order valence-corrected chi connectivity index (χ4v) is 3.86. The van der Waals surface area contributed by atoms with Crippen LogP contribution < -0.4 is 5.73 Å². The van der Waals surface area contributed by atoms with E-state index in [-0.39, 0.29) is 11.8 Å².